The molecule has 26 heavy (non-hydrogen) atoms. The van der Waals surface area contributed by atoms with Crippen molar-refractivity contribution >= 4 is 22.5 Å². The highest BCUT2D eigenvalue weighted by Gasteiger charge is 2.29. The minimum Gasteiger partial charge on any atom is -0.366 e. The number of nitrogens with two attached hydrogens (primary N) is 1. The highest BCUT2D eigenvalue weighted by molar-refractivity contribution is 5.97. The number of carbonyl (C=O) groups excluding carboxylic acids is 1. The Hall–Kier alpha value is -2.41. The first-order valence-corrected chi connectivity index (χ1v) is 9.04. The second-order valence-corrected chi connectivity index (χ2v) is 7.40. The fraction of sp³-hybridized carbons (Fsp3) is 0.474. The molecule has 0 spiro atoms. The van der Waals surface area contributed by atoms with Crippen LogP contribution in [0.25, 0.3) is 10.9 Å². The van der Waals surface area contributed by atoms with Crippen LogP contribution < -0.4 is 21.4 Å². The van der Waals surface area contributed by atoms with Crippen molar-refractivity contribution in [2.75, 3.05) is 24.5 Å². The summed E-state index contributed by atoms with van der Waals surface area (Å²) in [5.41, 5.74) is 6.31. The molecule has 1 aromatic heterocycles. The lowest BCUT2D eigenvalue weighted by molar-refractivity contribution is 0.0998. The predicted molar refractivity (Wildman–Crippen MR) is 99.4 cm³/mol. The predicted octanol–water partition coefficient (Wildman–Crippen LogP) is 1.68. The normalized spacial score (nSPS) is 20.6. The number of piperazine rings is 1. The third-order valence-electron chi connectivity index (χ3n) is 5.39. The van der Waals surface area contributed by atoms with Gasteiger partial charge in [-0.1, -0.05) is 0 Å². The van der Waals surface area contributed by atoms with E-state index in [2.05, 4.69) is 12.2 Å². The highest BCUT2D eigenvalue weighted by atomic mass is 19.1. The number of aryl methyl sites for hydroxylation is 1. The molecular weight excluding hydrogens is 335 g/mol. The molecule has 3 N–H and O–H groups in total. The number of hydrogen-bond acceptors (Lipinski definition) is 4. The fourth-order valence-corrected chi connectivity index (χ4v) is 3.86. The van der Waals surface area contributed by atoms with Crippen LogP contribution in [0.15, 0.2) is 17.1 Å². The Balaban J connectivity index is 1.99. The molecule has 1 atom stereocenters. The smallest absolute Gasteiger partial charge is 0.254 e. The van der Waals surface area contributed by atoms with Gasteiger partial charge in [0.05, 0.1) is 16.6 Å². The van der Waals surface area contributed by atoms with Crippen LogP contribution in [0.5, 0.6) is 0 Å². The maximum Gasteiger partial charge on any atom is 0.254 e. The van der Waals surface area contributed by atoms with Crippen LogP contribution in [0.1, 0.15) is 41.7 Å². The summed E-state index contributed by atoms with van der Waals surface area (Å²) < 4.78 is 17.1. The maximum atomic E-state index is 15.2. The number of amides is 1. The summed E-state index contributed by atoms with van der Waals surface area (Å²) in [4.78, 5) is 26.5. The zero-order valence-electron chi connectivity index (χ0n) is 15.0. The third kappa shape index (κ3) is 2.67. The van der Waals surface area contributed by atoms with E-state index in [4.69, 9.17) is 5.73 Å². The first kappa shape index (κ1) is 17.0. The standard InChI is InChI=1S/C19H23FN4O2/c1-10-8-23(6-5-22-10)15-7-14-16(11(2)17(15)20)18(25)13(19(21)26)9-24(14)12-3-4-12/h7,9-10,12,22H,3-6,8H2,1-2H3,(H2,21,26). The van der Waals surface area contributed by atoms with Gasteiger partial charge in [-0.15, -0.1) is 0 Å². The molecule has 1 saturated carbocycles. The number of pyridine rings is 1. The largest absolute Gasteiger partial charge is 0.366 e. The molecule has 2 fully saturated rings. The summed E-state index contributed by atoms with van der Waals surface area (Å²) in [6.45, 7) is 5.87. The Bertz CT molecular complexity index is 964. The molecule has 1 aliphatic carbocycles. The van der Waals surface area contributed by atoms with Crippen LogP contribution in [-0.4, -0.2) is 36.2 Å². The third-order valence-corrected chi connectivity index (χ3v) is 5.39. The Labute approximate surface area is 150 Å². The molecule has 2 aliphatic rings. The van der Waals surface area contributed by atoms with Gasteiger partial charge in [0.2, 0.25) is 5.43 Å². The number of rotatable bonds is 3. The molecule has 1 unspecified atom stereocenters. The fourth-order valence-electron chi connectivity index (χ4n) is 3.86. The van der Waals surface area contributed by atoms with E-state index in [0.717, 1.165) is 19.4 Å². The lowest BCUT2D eigenvalue weighted by atomic mass is 10.0. The van der Waals surface area contributed by atoms with Gasteiger partial charge >= 0.3 is 0 Å². The quantitative estimate of drug-likeness (QED) is 0.875. The number of halogens is 1. The molecule has 1 aromatic carbocycles. The number of anilines is 1. The van der Waals surface area contributed by atoms with Gasteiger partial charge in [-0.05, 0) is 32.8 Å². The molecule has 2 heterocycles. The van der Waals surface area contributed by atoms with Crippen molar-refractivity contribution in [3.8, 4) is 0 Å². The lowest BCUT2D eigenvalue weighted by Crippen LogP contribution is -2.49. The van der Waals surface area contributed by atoms with Gasteiger partial charge in [-0.2, -0.15) is 0 Å². The number of benzene rings is 1. The molecule has 2 aromatic rings. The minimum absolute atomic E-state index is 0.0737. The van der Waals surface area contributed by atoms with E-state index in [1.165, 1.54) is 0 Å². The van der Waals surface area contributed by atoms with Crippen molar-refractivity contribution in [3.63, 3.8) is 0 Å². The Morgan fingerprint density at radius 2 is 2.12 bits per heavy atom. The van der Waals surface area contributed by atoms with Crippen molar-refractivity contribution in [1.82, 2.24) is 9.88 Å². The van der Waals surface area contributed by atoms with E-state index < -0.39 is 17.2 Å². The van der Waals surface area contributed by atoms with Gasteiger partial charge in [0.15, 0.2) is 0 Å². The average molecular weight is 358 g/mol. The molecule has 0 radical (unpaired) electrons. The molecule has 7 heteroatoms. The number of nitrogens with one attached hydrogen (secondary N) is 1. The van der Waals surface area contributed by atoms with Crippen LogP contribution in [0.4, 0.5) is 10.1 Å². The Morgan fingerprint density at radius 1 is 1.38 bits per heavy atom. The van der Waals surface area contributed by atoms with Crippen molar-refractivity contribution < 1.29 is 9.18 Å². The van der Waals surface area contributed by atoms with Crippen molar-refractivity contribution in [2.45, 2.75) is 38.8 Å². The number of aromatic nitrogens is 1. The van der Waals surface area contributed by atoms with E-state index in [0.29, 0.717) is 24.3 Å². The molecule has 1 aliphatic heterocycles. The van der Waals surface area contributed by atoms with Gasteiger partial charge in [0.25, 0.3) is 5.91 Å². The molecule has 6 nitrogen and oxygen atoms in total. The first-order chi connectivity index (χ1) is 12.4. The summed E-state index contributed by atoms with van der Waals surface area (Å²) in [6, 6.07) is 2.26. The van der Waals surface area contributed by atoms with E-state index in [1.807, 2.05) is 9.47 Å². The van der Waals surface area contributed by atoms with E-state index in [9.17, 15) is 9.59 Å². The highest BCUT2D eigenvalue weighted by Crippen LogP contribution is 2.39. The number of fused-ring (bicyclic) bond motifs is 1. The van der Waals surface area contributed by atoms with E-state index >= 15 is 4.39 Å². The van der Waals surface area contributed by atoms with Gasteiger partial charge in [-0.25, -0.2) is 4.39 Å². The maximum absolute atomic E-state index is 15.2. The van der Waals surface area contributed by atoms with Crippen molar-refractivity contribution in [3.05, 3.63) is 39.4 Å². The summed E-state index contributed by atoms with van der Waals surface area (Å²) in [7, 11) is 0. The zero-order valence-corrected chi connectivity index (χ0v) is 15.0. The Morgan fingerprint density at radius 3 is 2.73 bits per heavy atom. The molecule has 1 saturated heterocycles. The van der Waals surface area contributed by atoms with Gasteiger partial charge in [0, 0.05) is 43.5 Å². The summed E-state index contributed by atoms with van der Waals surface area (Å²) in [5, 5.41) is 3.61. The van der Waals surface area contributed by atoms with Crippen LogP contribution in [0.2, 0.25) is 0 Å². The van der Waals surface area contributed by atoms with Gasteiger partial charge < -0.3 is 20.5 Å². The van der Waals surface area contributed by atoms with E-state index in [1.54, 1.807) is 19.2 Å². The molecule has 0 bridgehead atoms. The van der Waals surface area contributed by atoms with Gasteiger partial charge in [-0.3, -0.25) is 9.59 Å². The SMILES string of the molecule is Cc1c(F)c(N2CCNC(C)C2)cc2c1c(=O)c(C(N)=O)cn2C1CC1. The summed E-state index contributed by atoms with van der Waals surface area (Å²) >= 11 is 0. The number of hydrogen-bond donors (Lipinski definition) is 2. The van der Waals surface area contributed by atoms with Crippen LogP contribution >= 0.6 is 0 Å². The van der Waals surface area contributed by atoms with Crippen LogP contribution in [0, 0.1) is 12.7 Å². The van der Waals surface area contributed by atoms with Crippen molar-refractivity contribution in [1.29, 1.82) is 0 Å². The first-order valence-electron chi connectivity index (χ1n) is 9.04. The minimum atomic E-state index is -0.772. The number of nitrogens with zero attached hydrogens (tertiary/aromatic N) is 2. The molecule has 138 valence electrons. The zero-order chi connectivity index (χ0) is 18.6. The van der Waals surface area contributed by atoms with Gasteiger partial charge in [0.1, 0.15) is 11.4 Å². The molecule has 1 amide bonds. The average Bonchev–Trinajstić information content (AvgIpc) is 3.42. The van der Waals surface area contributed by atoms with E-state index in [-0.39, 0.29) is 28.6 Å². The Kier molecular flexibility index (Phi) is 3.99. The summed E-state index contributed by atoms with van der Waals surface area (Å²) in [5.74, 6) is -1.17. The topological polar surface area (TPSA) is 80.4 Å². The monoisotopic (exact) mass is 358 g/mol. The van der Waals surface area contributed by atoms with Crippen molar-refractivity contribution in [2.24, 2.45) is 5.73 Å². The second-order valence-electron chi connectivity index (χ2n) is 7.40. The summed E-state index contributed by atoms with van der Waals surface area (Å²) in [6.07, 6.45) is 3.51. The number of primary amides is 1. The van der Waals surface area contributed by atoms with Crippen LogP contribution in [-0.2, 0) is 0 Å². The molecule has 4 rings (SSSR count). The number of carbonyl (C=O) groups is 1. The lowest BCUT2D eigenvalue weighted by Gasteiger charge is -2.34. The van der Waals surface area contributed by atoms with Crippen LogP contribution in [0.3, 0.4) is 0 Å². The second kappa shape index (κ2) is 6.09. The molecular formula is C19H23FN4O2.